The first kappa shape index (κ1) is 15.4. The van der Waals surface area contributed by atoms with Gasteiger partial charge in [0.1, 0.15) is 5.78 Å². The Hall–Kier alpha value is -0.490. The number of carbonyl (C=O) groups excluding carboxylic acids is 1. The van der Waals surface area contributed by atoms with Gasteiger partial charge in [0.25, 0.3) is 0 Å². The summed E-state index contributed by atoms with van der Waals surface area (Å²) in [5.41, 5.74) is 0. The summed E-state index contributed by atoms with van der Waals surface area (Å²) in [6.45, 7) is 0. The largest absolute Gasteiger partial charge is 0.393 e. The van der Waals surface area contributed by atoms with E-state index in [9.17, 15) is 15.0 Å². The van der Waals surface area contributed by atoms with Crippen LogP contribution in [0.5, 0.6) is 0 Å². The fraction of sp³-hybridized carbons (Fsp3) is 0.938. The molecule has 0 radical (unpaired) electrons. The molecule has 2 saturated carbocycles. The number of hydrogen-bond donors (Lipinski definition) is 2. The third kappa shape index (κ3) is 3.16. The van der Waals surface area contributed by atoms with Crippen LogP contribution in [0.4, 0.5) is 0 Å². The fourth-order valence-electron chi connectivity index (χ4n) is 4.28. The van der Waals surface area contributed by atoms with Gasteiger partial charge in [0.05, 0.1) is 36.4 Å². The molecule has 3 aliphatic rings. The normalized spacial score (nSPS) is 48.0. The van der Waals surface area contributed by atoms with Crippen LogP contribution in [-0.4, -0.2) is 53.6 Å². The van der Waals surface area contributed by atoms with Crippen LogP contribution in [0.1, 0.15) is 44.9 Å². The molecule has 0 aromatic carbocycles. The van der Waals surface area contributed by atoms with Gasteiger partial charge in [-0.05, 0) is 31.6 Å². The Labute approximate surface area is 125 Å². The molecular weight excluding hydrogens is 272 g/mol. The molecule has 5 atom stereocenters. The maximum Gasteiger partial charge on any atom is 0.143 e. The SMILES string of the molecule is COC1CC(O)C2C(=O)CC(C3CCC(O)CC3)OC2C1. The highest BCUT2D eigenvalue weighted by Gasteiger charge is 2.48. The zero-order valence-electron chi connectivity index (χ0n) is 12.6. The summed E-state index contributed by atoms with van der Waals surface area (Å²) in [5, 5.41) is 19.8. The summed E-state index contributed by atoms with van der Waals surface area (Å²) in [4.78, 5) is 12.4. The molecule has 5 heteroatoms. The monoisotopic (exact) mass is 298 g/mol. The van der Waals surface area contributed by atoms with Gasteiger partial charge in [-0.3, -0.25) is 4.79 Å². The lowest BCUT2D eigenvalue weighted by atomic mass is 9.73. The summed E-state index contributed by atoms with van der Waals surface area (Å²) in [6, 6.07) is 0. The minimum Gasteiger partial charge on any atom is -0.393 e. The maximum atomic E-state index is 12.4. The van der Waals surface area contributed by atoms with E-state index in [1.54, 1.807) is 7.11 Å². The van der Waals surface area contributed by atoms with Crippen molar-refractivity contribution >= 4 is 5.78 Å². The predicted molar refractivity (Wildman–Crippen MR) is 75.8 cm³/mol. The van der Waals surface area contributed by atoms with E-state index in [1.165, 1.54) is 0 Å². The minimum absolute atomic E-state index is 0.0269. The average Bonchev–Trinajstić information content (AvgIpc) is 2.46. The summed E-state index contributed by atoms with van der Waals surface area (Å²) < 4.78 is 11.6. The van der Waals surface area contributed by atoms with Crippen LogP contribution in [0, 0.1) is 11.8 Å². The molecular formula is C16H26O5. The van der Waals surface area contributed by atoms with E-state index < -0.39 is 6.10 Å². The van der Waals surface area contributed by atoms with E-state index in [0.29, 0.717) is 25.2 Å². The van der Waals surface area contributed by atoms with Crippen molar-refractivity contribution in [1.82, 2.24) is 0 Å². The molecule has 0 spiro atoms. The summed E-state index contributed by atoms with van der Waals surface area (Å²) in [7, 11) is 1.64. The Morgan fingerprint density at radius 2 is 1.81 bits per heavy atom. The van der Waals surface area contributed by atoms with Crippen LogP contribution in [0.15, 0.2) is 0 Å². The van der Waals surface area contributed by atoms with Gasteiger partial charge in [-0.2, -0.15) is 0 Å². The van der Waals surface area contributed by atoms with Gasteiger partial charge in [0.2, 0.25) is 0 Å². The predicted octanol–water partition coefficient (Wildman–Crippen LogP) is 1.05. The van der Waals surface area contributed by atoms with Crippen LogP contribution in [0.25, 0.3) is 0 Å². The molecule has 0 aromatic rings. The quantitative estimate of drug-likeness (QED) is 0.797. The summed E-state index contributed by atoms with van der Waals surface area (Å²) in [5.74, 6) is 0.129. The van der Waals surface area contributed by atoms with Crippen molar-refractivity contribution < 1.29 is 24.5 Å². The van der Waals surface area contributed by atoms with Gasteiger partial charge in [-0.1, -0.05) is 0 Å². The van der Waals surface area contributed by atoms with Crippen LogP contribution < -0.4 is 0 Å². The van der Waals surface area contributed by atoms with E-state index >= 15 is 0 Å². The van der Waals surface area contributed by atoms with E-state index in [4.69, 9.17) is 9.47 Å². The number of aliphatic hydroxyl groups is 2. The molecule has 0 amide bonds. The van der Waals surface area contributed by atoms with Gasteiger partial charge in [0, 0.05) is 26.4 Å². The van der Waals surface area contributed by atoms with Crippen molar-refractivity contribution in [2.45, 2.75) is 75.5 Å². The van der Waals surface area contributed by atoms with Gasteiger partial charge >= 0.3 is 0 Å². The van der Waals surface area contributed by atoms with Crippen LogP contribution in [0.3, 0.4) is 0 Å². The summed E-state index contributed by atoms with van der Waals surface area (Å²) >= 11 is 0. The van der Waals surface area contributed by atoms with Crippen molar-refractivity contribution in [1.29, 1.82) is 0 Å². The first-order valence-corrected chi connectivity index (χ1v) is 8.15. The number of fused-ring (bicyclic) bond motifs is 1. The van der Waals surface area contributed by atoms with Crippen LogP contribution in [0.2, 0.25) is 0 Å². The van der Waals surface area contributed by atoms with Crippen molar-refractivity contribution in [3.05, 3.63) is 0 Å². The molecule has 1 aliphatic heterocycles. The molecule has 2 aliphatic carbocycles. The second kappa shape index (κ2) is 6.32. The van der Waals surface area contributed by atoms with Crippen molar-refractivity contribution in [3.8, 4) is 0 Å². The number of Topliss-reactive ketones (excluding diaryl/α,β-unsaturated/α-hetero) is 1. The molecule has 1 heterocycles. The molecule has 0 bridgehead atoms. The number of ether oxygens (including phenoxy) is 2. The smallest absolute Gasteiger partial charge is 0.143 e. The molecule has 2 N–H and O–H groups in total. The number of aliphatic hydroxyl groups excluding tert-OH is 2. The topological polar surface area (TPSA) is 76.0 Å². The molecule has 5 nitrogen and oxygen atoms in total. The second-order valence-corrected chi connectivity index (χ2v) is 6.87. The van der Waals surface area contributed by atoms with Crippen molar-refractivity contribution in [2.24, 2.45) is 11.8 Å². The van der Waals surface area contributed by atoms with Crippen LogP contribution in [-0.2, 0) is 14.3 Å². The first-order chi connectivity index (χ1) is 10.1. The van der Waals surface area contributed by atoms with E-state index in [2.05, 4.69) is 0 Å². The lowest BCUT2D eigenvalue weighted by Crippen LogP contribution is -2.54. The van der Waals surface area contributed by atoms with Gasteiger partial charge in [0.15, 0.2) is 0 Å². The molecule has 1 saturated heterocycles. The van der Waals surface area contributed by atoms with E-state index in [-0.39, 0.29) is 36.1 Å². The molecule has 0 aromatic heterocycles. The van der Waals surface area contributed by atoms with Crippen molar-refractivity contribution in [3.63, 3.8) is 0 Å². The third-order valence-corrected chi connectivity index (χ3v) is 5.54. The van der Waals surface area contributed by atoms with Gasteiger partial charge < -0.3 is 19.7 Å². The van der Waals surface area contributed by atoms with Gasteiger partial charge in [-0.25, -0.2) is 0 Å². The highest BCUT2D eigenvalue weighted by Crippen LogP contribution is 2.39. The third-order valence-electron chi connectivity index (χ3n) is 5.54. The Morgan fingerprint density at radius 3 is 2.48 bits per heavy atom. The van der Waals surface area contributed by atoms with Gasteiger partial charge in [-0.15, -0.1) is 0 Å². The highest BCUT2D eigenvalue weighted by molar-refractivity contribution is 5.83. The number of ketones is 1. The number of methoxy groups -OCH3 is 1. The molecule has 21 heavy (non-hydrogen) atoms. The van der Waals surface area contributed by atoms with E-state index in [0.717, 1.165) is 25.7 Å². The zero-order valence-corrected chi connectivity index (χ0v) is 12.6. The Kier molecular flexibility index (Phi) is 4.64. The lowest BCUT2D eigenvalue weighted by molar-refractivity contribution is -0.183. The molecule has 120 valence electrons. The summed E-state index contributed by atoms with van der Waals surface area (Å²) in [6.07, 6.45) is 3.95. The average molecular weight is 298 g/mol. The Bertz CT molecular complexity index is 377. The first-order valence-electron chi connectivity index (χ1n) is 8.15. The fourth-order valence-corrected chi connectivity index (χ4v) is 4.28. The highest BCUT2D eigenvalue weighted by atomic mass is 16.5. The maximum absolute atomic E-state index is 12.4. The number of carbonyl (C=O) groups is 1. The zero-order chi connectivity index (χ0) is 15.0. The standard InChI is InChI=1S/C16H26O5/c1-20-11-6-12(18)16-13(19)8-14(21-15(16)7-11)9-2-4-10(17)5-3-9/h9-12,14-18H,2-8H2,1H3. The lowest BCUT2D eigenvalue weighted by Gasteiger charge is -2.45. The van der Waals surface area contributed by atoms with E-state index in [1.807, 2.05) is 0 Å². The molecule has 5 unspecified atom stereocenters. The Balaban J connectivity index is 1.67. The molecule has 3 fully saturated rings. The second-order valence-electron chi connectivity index (χ2n) is 6.87. The number of rotatable bonds is 2. The number of hydrogen-bond acceptors (Lipinski definition) is 5. The van der Waals surface area contributed by atoms with Crippen LogP contribution >= 0.6 is 0 Å². The Morgan fingerprint density at radius 1 is 1.10 bits per heavy atom. The molecule has 3 rings (SSSR count). The van der Waals surface area contributed by atoms with Crippen molar-refractivity contribution in [2.75, 3.05) is 7.11 Å². The minimum atomic E-state index is -0.643.